The van der Waals surface area contributed by atoms with Crippen molar-refractivity contribution in [3.05, 3.63) is 35.0 Å². The first-order valence-corrected chi connectivity index (χ1v) is 3.15. The van der Waals surface area contributed by atoms with Crippen LogP contribution in [-0.2, 0) is 0 Å². The molecule has 48 valence electrons. The molecule has 0 aromatic heterocycles. The van der Waals surface area contributed by atoms with E-state index in [9.17, 15) is 0 Å². The molecule has 9 heavy (non-hydrogen) atoms. The molecule has 0 heterocycles. The lowest BCUT2D eigenvalue weighted by Crippen LogP contribution is -1.90. The topological polar surface area (TPSA) is 26.0 Å². The Kier molecular flexibility index (Phi) is 1.96. The summed E-state index contributed by atoms with van der Waals surface area (Å²) in [6, 6.07) is 0. The molecule has 0 atom stereocenters. The quantitative estimate of drug-likeness (QED) is 0.548. The minimum Gasteiger partial charge on any atom is -0.399 e. The maximum atomic E-state index is 5.70. The van der Waals surface area contributed by atoms with Crippen molar-refractivity contribution in [3.63, 3.8) is 0 Å². The fourth-order valence-corrected chi connectivity index (χ4v) is 0.863. The summed E-state index contributed by atoms with van der Waals surface area (Å²) >= 11 is 5.70. The van der Waals surface area contributed by atoms with Crippen molar-refractivity contribution in [2.24, 2.45) is 5.73 Å². The molecule has 0 aromatic carbocycles. The van der Waals surface area contributed by atoms with Crippen LogP contribution in [0.3, 0.4) is 0 Å². The third kappa shape index (κ3) is 1.94. The molecule has 0 unspecified atom stereocenters. The van der Waals surface area contributed by atoms with E-state index in [4.69, 9.17) is 17.3 Å². The number of rotatable bonds is 0. The van der Waals surface area contributed by atoms with E-state index in [1.165, 1.54) is 0 Å². The molecular weight excluding hydrogens is 134 g/mol. The number of hydrogen-bond donors (Lipinski definition) is 1. The first kappa shape index (κ1) is 6.43. The summed E-state index contributed by atoms with van der Waals surface area (Å²) in [5, 5.41) is 0.789. The van der Waals surface area contributed by atoms with E-state index in [2.05, 4.69) is 0 Å². The zero-order chi connectivity index (χ0) is 6.69. The molecule has 0 saturated heterocycles. The average Bonchev–Trinajstić information content (AvgIpc) is 1.93. The minimum atomic E-state index is 0.716. The molecule has 0 aliphatic heterocycles. The number of halogens is 1. The van der Waals surface area contributed by atoms with Crippen molar-refractivity contribution in [2.75, 3.05) is 0 Å². The van der Waals surface area contributed by atoms with Crippen LogP contribution in [0.15, 0.2) is 35.0 Å². The van der Waals surface area contributed by atoms with Gasteiger partial charge in [-0.15, -0.1) is 0 Å². The summed E-state index contributed by atoms with van der Waals surface area (Å²) in [7, 11) is 0. The molecule has 1 nitrogen and oxygen atoms in total. The van der Waals surface area contributed by atoms with E-state index in [0.29, 0.717) is 5.70 Å². The predicted molar refractivity (Wildman–Crippen MR) is 40.0 cm³/mol. The lowest BCUT2D eigenvalue weighted by atomic mass is 10.4. The van der Waals surface area contributed by atoms with Crippen LogP contribution in [0, 0.1) is 0 Å². The molecule has 0 bridgehead atoms. The second-order valence-electron chi connectivity index (χ2n) is 1.89. The highest BCUT2D eigenvalue weighted by Crippen LogP contribution is 2.12. The van der Waals surface area contributed by atoms with Gasteiger partial charge in [-0.2, -0.15) is 0 Å². The summed E-state index contributed by atoms with van der Waals surface area (Å²) in [5.74, 6) is 0. The van der Waals surface area contributed by atoms with Gasteiger partial charge in [0.15, 0.2) is 0 Å². The zero-order valence-corrected chi connectivity index (χ0v) is 5.73. The maximum absolute atomic E-state index is 5.70. The van der Waals surface area contributed by atoms with Gasteiger partial charge in [0.05, 0.1) is 0 Å². The number of nitrogens with two attached hydrogens (primary N) is 1. The molecule has 1 aliphatic carbocycles. The average molecular weight is 142 g/mol. The Hall–Kier alpha value is -0.690. The highest BCUT2D eigenvalue weighted by molar-refractivity contribution is 6.29. The molecule has 0 aromatic rings. The smallest absolute Gasteiger partial charge is 0.0325 e. The van der Waals surface area contributed by atoms with Gasteiger partial charge in [-0.3, -0.25) is 0 Å². The van der Waals surface area contributed by atoms with Crippen LogP contribution in [0.5, 0.6) is 0 Å². The van der Waals surface area contributed by atoms with Crippen molar-refractivity contribution in [1.29, 1.82) is 0 Å². The van der Waals surface area contributed by atoms with Crippen LogP contribution in [0.2, 0.25) is 0 Å². The Morgan fingerprint density at radius 1 is 1.56 bits per heavy atom. The van der Waals surface area contributed by atoms with Crippen LogP contribution >= 0.6 is 11.6 Å². The van der Waals surface area contributed by atoms with E-state index in [-0.39, 0.29) is 0 Å². The highest BCUT2D eigenvalue weighted by atomic mass is 35.5. The normalized spacial score (nSPS) is 18.3. The van der Waals surface area contributed by atoms with Gasteiger partial charge in [-0.25, -0.2) is 0 Å². The van der Waals surface area contributed by atoms with Gasteiger partial charge >= 0.3 is 0 Å². The van der Waals surface area contributed by atoms with Gasteiger partial charge in [0, 0.05) is 17.2 Å². The van der Waals surface area contributed by atoms with Gasteiger partial charge < -0.3 is 5.73 Å². The van der Waals surface area contributed by atoms with Crippen molar-refractivity contribution < 1.29 is 0 Å². The minimum absolute atomic E-state index is 0.716. The Labute approximate surface area is 59.5 Å². The first-order valence-electron chi connectivity index (χ1n) is 2.77. The fourth-order valence-electron chi connectivity index (χ4n) is 0.648. The molecule has 1 rings (SSSR count). The van der Waals surface area contributed by atoms with Gasteiger partial charge in [-0.05, 0) is 12.2 Å². The lowest BCUT2D eigenvalue weighted by Gasteiger charge is -1.88. The zero-order valence-electron chi connectivity index (χ0n) is 4.97. The molecular formula is C7H8ClN. The second kappa shape index (κ2) is 2.74. The van der Waals surface area contributed by atoms with Crippen molar-refractivity contribution in [2.45, 2.75) is 6.42 Å². The van der Waals surface area contributed by atoms with Crippen molar-refractivity contribution in [3.8, 4) is 0 Å². The number of hydrogen-bond acceptors (Lipinski definition) is 1. The molecule has 2 heteroatoms. The molecule has 0 amide bonds. The Balaban J connectivity index is 2.82. The molecule has 2 N–H and O–H groups in total. The first-order chi connectivity index (χ1) is 4.29. The van der Waals surface area contributed by atoms with Crippen LogP contribution in [-0.4, -0.2) is 0 Å². The van der Waals surface area contributed by atoms with Gasteiger partial charge in [0.1, 0.15) is 0 Å². The third-order valence-electron chi connectivity index (χ3n) is 1.06. The standard InChI is InChI=1S/C7H8ClN/c8-6-3-1-2-4-7(9)5-6/h1-2,4-5H,3,9H2. The van der Waals surface area contributed by atoms with Crippen LogP contribution in [0.4, 0.5) is 0 Å². The highest BCUT2D eigenvalue weighted by Gasteiger charge is 1.92. The molecule has 0 radical (unpaired) electrons. The Morgan fingerprint density at radius 2 is 2.33 bits per heavy atom. The van der Waals surface area contributed by atoms with Gasteiger partial charge in [0.2, 0.25) is 0 Å². The SMILES string of the molecule is NC1=CC=CCC(Cl)=C1. The van der Waals surface area contributed by atoms with E-state index < -0.39 is 0 Å². The van der Waals surface area contributed by atoms with Crippen molar-refractivity contribution in [1.82, 2.24) is 0 Å². The summed E-state index contributed by atoms with van der Waals surface area (Å²) in [4.78, 5) is 0. The van der Waals surface area contributed by atoms with Gasteiger partial charge in [0.25, 0.3) is 0 Å². The fraction of sp³-hybridized carbons (Fsp3) is 0.143. The van der Waals surface area contributed by atoms with Crippen LogP contribution < -0.4 is 5.73 Å². The van der Waals surface area contributed by atoms with Crippen LogP contribution in [0.25, 0.3) is 0 Å². The van der Waals surface area contributed by atoms with Crippen LogP contribution in [0.1, 0.15) is 6.42 Å². The summed E-state index contributed by atoms with van der Waals surface area (Å²) in [5.41, 5.74) is 6.19. The van der Waals surface area contributed by atoms with E-state index in [1.54, 1.807) is 6.08 Å². The van der Waals surface area contributed by atoms with E-state index in [0.717, 1.165) is 11.5 Å². The van der Waals surface area contributed by atoms with E-state index in [1.807, 2.05) is 18.2 Å². The molecule has 0 spiro atoms. The summed E-state index contributed by atoms with van der Waals surface area (Å²) in [6.45, 7) is 0. The predicted octanol–water partition coefficient (Wildman–Crippen LogP) is 1.91. The largest absolute Gasteiger partial charge is 0.399 e. The molecule has 0 saturated carbocycles. The molecule has 0 fully saturated rings. The summed E-state index contributed by atoms with van der Waals surface area (Å²) < 4.78 is 0. The Bertz CT molecular complexity index is 189. The summed E-state index contributed by atoms with van der Waals surface area (Å²) in [6.07, 6.45) is 8.26. The van der Waals surface area contributed by atoms with Crippen molar-refractivity contribution >= 4 is 11.6 Å². The van der Waals surface area contributed by atoms with E-state index >= 15 is 0 Å². The molecule has 1 aliphatic rings. The monoisotopic (exact) mass is 141 g/mol. The second-order valence-corrected chi connectivity index (χ2v) is 2.38. The number of allylic oxidation sites excluding steroid dienone is 5. The maximum Gasteiger partial charge on any atom is 0.0325 e. The third-order valence-corrected chi connectivity index (χ3v) is 1.32. The Morgan fingerprint density at radius 3 is 3.11 bits per heavy atom. The van der Waals surface area contributed by atoms with Gasteiger partial charge in [-0.1, -0.05) is 23.8 Å². The lowest BCUT2D eigenvalue weighted by molar-refractivity contribution is 1.34.